The summed E-state index contributed by atoms with van der Waals surface area (Å²) < 4.78 is 1.05. The number of rotatable bonds is 7. The Balaban J connectivity index is 1.38. The van der Waals surface area contributed by atoms with Gasteiger partial charge in [0, 0.05) is 28.2 Å². The van der Waals surface area contributed by atoms with Crippen molar-refractivity contribution >= 4 is 44.9 Å². The summed E-state index contributed by atoms with van der Waals surface area (Å²) in [6.07, 6.45) is 6.11. The second-order valence-corrected chi connectivity index (χ2v) is 9.53. The van der Waals surface area contributed by atoms with Crippen molar-refractivity contribution in [1.82, 2.24) is 20.6 Å². The Bertz CT molecular complexity index is 1070. The minimum Gasteiger partial charge on any atom is -0.354 e. The second kappa shape index (κ2) is 8.49. The lowest BCUT2D eigenvalue weighted by Gasteiger charge is -2.10. The summed E-state index contributed by atoms with van der Waals surface area (Å²) in [5.74, 6) is 1.29. The van der Waals surface area contributed by atoms with Crippen LogP contribution in [0.15, 0.2) is 30.5 Å². The average molecular weight is 442 g/mol. The molecule has 8 heteroatoms. The Labute approximate surface area is 184 Å². The maximum atomic E-state index is 12.6. The standard InChI is InChI=1S/C22H24ClN5OS/c23-17-12-26-22(25-9-7-13-6-8-24-11-13)28-20(17)19-10-16-15(2-1-3-18(16)30-19)21(29)27-14-4-5-14/h1-3,10,12-14,24H,4-9,11H2,(H,27,29)(H,25,26,28). The smallest absolute Gasteiger partial charge is 0.252 e. The Morgan fingerprint density at radius 2 is 2.20 bits per heavy atom. The van der Waals surface area contributed by atoms with Crippen molar-refractivity contribution in [2.24, 2.45) is 5.92 Å². The third kappa shape index (κ3) is 4.29. The molecule has 156 valence electrons. The first-order valence-electron chi connectivity index (χ1n) is 10.5. The lowest BCUT2D eigenvalue weighted by Crippen LogP contribution is -2.25. The van der Waals surface area contributed by atoms with E-state index < -0.39 is 0 Å². The van der Waals surface area contributed by atoms with Gasteiger partial charge in [0.05, 0.1) is 16.1 Å². The van der Waals surface area contributed by atoms with Gasteiger partial charge in [-0.1, -0.05) is 17.7 Å². The third-order valence-electron chi connectivity index (χ3n) is 5.69. The highest BCUT2D eigenvalue weighted by molar-refractivity contribution is 7.22. The first-order valence-corrected chi connectivity index (χ1v) is 11.7. The van der Waals surface area contributed by atoms with Crippen molar-refractivity contribution in [3.05, 3.63) is 41.0 Å². The van der Waals surface area contributed by atoms with Gasteiger partial charge in [0.25, 0.3) is 5.91 Å². The first-order chi connectivity index (χ1) is 14.7. The number of halogens is 1. The van der Waals surface area contributed by atoms with Crippen LogP contribution in [0.25, 0.3) is 20.7 Å². The molecule has 1 saturated carbocycles. The van der Waals surface area contributed by atoms with Crippen molar-refractivity contribution in [2.45, 2.75) is 31.7 Å². The molecule has 1 aliphatic heterocycles. The molecular weight excluding hydrogens is 418 g/mol. The summed E-state index contributed by atoms with van der Waals surface area (Å²) in [6, 6.07) is 8.18. The molecule has 0 radical (unpaired) electrons. The van der Waals surface area contributed by atoms with E-state index in [2.05, 4.69) is 25.9 Å². The predicted molar refractivity (Wildman–Crippen MR) is 122 cm³/mol. The number of carbonyl (C=O) groups is 1. The van der Waals surface area contributed by atoms with Crippen LogP contribution < -0.4 is 16.0 Å². The first kappa shape index (κ1) is 19.7. The number of hydrogen-bond acceptors (Lipinski definition) is 6. The lowest BCUT2D eigenvalue weighted by atomic mass is 10.1. The van der Waals surface area contributed by atoms with E-state index in [-0.39, 0.29) is 5.91 Å². The number of hydrogen-bond donors (Lipinski definition) is 3. The number of thiophene rings is 1. The normalized spacial score (nSPS) is 18.6. The van der Waals surface area contributed by atoms with Crippen molar-refractivity contribution in [1.29, 1.82) is 0 Å². The van der Waals surface area contributed by atoms with E-state index in [9.17, 15) is 4.79 Å². The minimum absolute atomic E-state index is 0.00927. The van der Waals surface area contributed by atoms with Crippen LogP contribution >= 0.6 is 22.9 Å². The average Bonchev–Trinajstić information content (AvgIpc) is 3.23. The van der Waals surface area contributed by atoms with Gasteiger partial charge in [0.15, 0.2) is 0 Å². The second-order valence-electron chi connectivity index (χ2n) is 8.04. The maximum absolute atomic E-state index is 12.6. The molecule has 2 fully saturated rings. The Hall–Kier alpha value is -2.22. The molecule has 3 heterocycles. The fourth-order valence-electron chi connectivity index (χ4n) is 3.84. The SMILES string of the molecule is O=C(NC1CC1)c1cccc2sc(-c3nc(NCCC4CCNC4)ncc3Cl)cc12. The van der Waals surface area contributed by atoms with Crippen LogP contribution in [0.4, 0.5) is 5.95 Å². The molecule has 1 aromatic carbocycles. The highest BCUT2D eigenvalue weighted by Crippen LogP contribution is 2.37. The largest absolute Gasteiger partial charge is 0.354 e. The Kier molecular flexibility index (Phi) is 5.58. The Morgan fingerprint density at radius 1 is 1.30 bits per heavy atom. The van der Waals surface area contributed by atoms with Gasteiger partial charge in [0.1, 0.15) is 5.69 Å². The fourth-order valence-corrected chi connectivity index (χ4v) is 5.18. The zero-order valence-corrected chi connectivity index (χ0v) is 18.2. The molecule has 6 nitrogen and oxygen atoms in total. The minimum atomic E-state index is -0.00927. The number of nitrogens with one attached hydrogen (secondary N) is 3. The highest BCUT2D eigenvalue weighted by atomic mass is 35.5. The summed E-state index contributed by atoms with van der Waals surface area (Å²) in [7, 11) is 0. The molecule has 2 aromatic heterocycles. The number of carbonyl (C=O) groups excluding carboxylic acids is 1. The van der Waals surface area contributed by atoms with Crippen LogP contribution in [-0.2, 0) is 0 Å². The molecular formula is C22H24ClN5OS. The van der Waals surface area contributed by atoms with Crippen LogP contribution in [0.5, 0.6) is 0 Å². The molecule has 5 rings (SSSR count). The van der Waals surface area contributed by atoms with E-state index >= 15 is 0 Å². The van der Waals surface area contributed by atoms with Gasteiger partial charge >= 0.3 is 0 Å². The van der Waals surface area contributed by atoms with Gasteiger partial charge in [-0.25, -0.2) is 9.97 Å². The molecule has 1 aliphatic carbocycles. The van der Waals surface area contributed by atoms with Gasteiger partial charge in [0.2, 0.25) is 5.95 Å². The van der Waals surface area contributed by atoms with Crippen LogP contribution in [0, 0.1) is 5.92 Å². The van der Waals surface area contributed by atoms with Crippen molar-refractivity contribution in [2.75, 3.05) is 25.0 Å². The van der Waals surface area contributed by atoms with Crippen LogP contribution in [-0.4, -0.2) is 41.6 Å². The van der Waals surface area contributed by atoms with Crippen molar-refractivity contribution in [3.8, 4) is 10.6 Å². The van der Waals surface area contributed by atoms with Gasteiger partial charge in [-0.2, -0.15) is 0 Å². The zero-order chi connectivity index (χ0) is 20.5. The van der Waals surface area contributed by atoms with Crippen molar-refractivity contribution in [3.63, 3.8) is 0 Å². The number of nitrogens with zero attached hydrogens (tertiary/aromatic N) is 2. The Morgan fingerprint density at radius 3 is 3.00 bits per heavy atom. The summed E-state index contributed by atoms with van der Waals surface area (Å²) in [4.78, 5) is 22.6. The van der Waals surface area contributed by atoms with E-state index in [1.165, 1.54) is 6.42 Å². The van der Waals surface area contributed by atoms with Crippen molar-refractivity contribution < 1.29 is 4.79 Å². The summed E-state index contributed by atoms with van der Waals surface area (Å²) in [5, 5.41) is 11.3. The number of fused-ring (bicyclic) bond motifs is 1. The lowest BCUT2D eigenvalue weighted by molar-refractivity contribution is 0.0953. The number of anilines is 1. The van der Waals surface area contributed by atoms with Gasteiger partial charge in [-0.3, -0.25) is 4.79 Å². The quantitative estimate of drug-likeness (QED) is 0.509. The van der Waals surface area contributed by atoms with Crippen LogP contribution in [0.1, 0.15) is 36.0 Å². The predicted octanol–water partition coefficient (Wildman–Crippen LogP) is 4.32. The summed E-state index contributed by atoms with van der Waals surface area (Å²) in [5.41, 5.74) is 1.40. The summed E-state index contributed by atoms with van der Waals surface area (Å²) >= 11 is 8.03. The van der Waals surface area contributed by atoms with E-state index in [0.29, 0.717) is 34.2 Å². The molecule has 1 saturated heterocycles. The van der Waals surface area contributed by atoms with E-state index in [4.69, 9.17) is 11.6 Å². The van der Waals surface area contributed by atoms with Gasteiger partial charge < -0.3 is 16.0 Å². The summed E-state index contributed by atoms with van der Waals surface area (Å²) in [6.45, 7) is 3.04. The molecule has 1 unspecified atom stereocenters. The highest BCUT2D eigenvalue weighted by Gasteiger charge is 2.25. The molecule has 3 N–H and O–H groups in total. The molecule has 2 aliphatic rings. The van der Waals surface area contributed by atoms with E-state index in [0.717, 1.165) is 53.9 Å². The molecule has 1 atom stereocenters. The molecule has 30 heavy (non-hydrogen) atoms. The molecule has 1 amide bonds. The van der Waals surface area contributed by atoms with Gasteiger partial charge in [-0.15, -0.1) is 11.3 Å². The molecule has 0 bridgehead atoms. The van der Waals surface area contributed by atoms with Crippen LogP contribution in [0.3, 0.4) is 0 Å². The number of aromatic nitrogens is 2. The van der Waals surface area contributed by atoms with Crippen LogP contribution in [0.2, 0.25) is 5.02 Å². The number of amides is 1. The van der Waals surface area contributed by atoms with E-state index in [1.54, 1.807) is 17.5 Å². The molecule has 3 aromatic rings. The van der Waals surface area contributed by atoms with Gasteiger partial charge in [-0.05, 0) is 62.9 Å². The molecule has 0 spiro atoms. The number of benzene rings is 1. The monoisotopic (exact) mass is 441 g/mol. The maximum Gasteiger partial charge on any atom is 0.252 e. The topological polar surface area (TPSA) is 78.9 Å². The third-order valence-corrected chi connectivity index (χ3v) is 7.08. The fraction of sp³-hybridized carbons (Fsp3) is 0.409. The van der Waals surface area contributed by atoms with E-state index in [1.807, 2.05) is 24.3 Å². The zero-order valence-electron chi connectivity index (χ0n) is 16.6.